The molecule has 86 valence electrons. The van der Waals surface area contributed by atoms with Crippen LogP contribution in [0.5, 0.6) is 0 Å². The van der Waals surface area contributed by atoms with Crippen LogP contribution in [0.2, 0.25) is 0 Å². The van der Waals surface area contributed by atoms with Gasteiger partial charge >= 0.3 is 6.03 Å². The molecule has 0 bridgehead atoms. The Bertz CT molecular complexity index is 250. The molecule has 1 atom stereocenters. The third-order valence-corrected chi connectivity index (χ3v) is 2.89. The van der Waals surface area contributed by atoms with E-state index in [-0.39, 0.29) is 17.9 Å². The number of rotatable bonds is 3. The lowest BCUT2D eigenvalue weighted by Gasteiger charge is -2.29. The summed E-state index contributed by atoms with van der Waals surface area (Å²) < 4.78 is 0. The van der Waals surface area contributed by atoms with Crippen molar-refractivity contribution in [1.82, 2.24) is 9.80 Å². The van der Waals surface area contributed by atoms with Gasteiger partial charge < -0.3 is 15.5 Å². The number of urea groups is 1. The number of nitrogens with one attached hydrogen (secondary N) is 1. The highest BCUT2D eigenvalue weighted by molar-refractivity contribution is 5.88. The first kappa shape index (κ1) is 11.8. The lowest BCUT2D eigenvalue weighted by Crippen LogP contribution is -2.49. The number of amides is 2. The highest BCUT2D eigenvalue weighted by Gasteiger charge is 2.32. The van der Waals surface area contributed by atoms with Gasteiger partial charge in [-0.25, -0.2) is 4.79 Å². The minimum atomic E-state index is -0.182. The summed E-state index contributed by atoms with van der Waals surface area (Å²) in [4.78, 5) is 15.5. The number of likely N-dealkylation sites (tertiary alicyclic amines) is 1. The van der Waals surface area contributed by atoms with Crippen LogP contribution in [0.15, 0.2) is 0 Å². The van der Waals surface area contributed by atoms with Crippen LogP contribution in [0, 0.1) is 5.41 Å². The molecule has 1 aliphatic heterocycles. The minimum Gasteiger partial charge on any atom is -0.386 e. The lowest BCUT2D eigenvalue weighted by atomic mass is 10.2. The maximum absolute atomic E-state index is 12.0. The first-order chi connectivity index (χ1) is 7.11. The fourth-order valence-corrected chi connectivity index (χ4v) is 1.99. The number of hydrogen-bond donors (Lipinski definition) is 2. The zero-order chi connectivity index (χ0) is 11.4. The number of carbonyl (C=O) groups is 1. The molecule has 1 rings (SSSR count). The third kappa shape index (κ3) is 2.40. The number of hydrogen-bond acceptors (Lipinski definition) is 2. The molecule has 1 aliphatic rings. The predicted octanol–water partition coefficient (Wildman–Crippen LogP) is 0.849. The fourth-order valence-electron chi connectivity index (χ4n) is 1.99. The minimum absolute atomic E-state index is 0.0118. The van der Waals surface area contributed by atoms with Gasteiger partial charge in [-0.3, -0.25) is 5.41 Å². The highest BCUT2D eigenvalue weighted by atomic mass is 16.2. The van der Waals surface area contributed by atoms with E-state index in [0.29, 0.717) is 13.1 Å². The Morgan fingerprint density at radius 3 is 2.60 bits per heavy atom. The fraction of sp³-hybridized carbons (Fsp3) is 0.800. The van der Waals surface area contributed by atoms with Crippen molar-refractivity contribution in [1.29, 1.82) is 5.41 Å². The first-order valence-corrected chi connectivity index (χ1v) is 5.51. The molecule has 0 aromatic carbocycles. The second-order valence-corrected chi connectivity index (χ2v) is 3.76. The molecule has 1 fully saturated rings. The van der Waals surface area contributed by atoms with Gasteiger partial charge in [0.2, 0.25) is 0 Å². The van der Waals surface area contributed by atoms with E-state index in [1.807, 2.05) is 13.8 Å². The summed E-state index contributed by atoms with van der Waals surface area (Å²) in [5.41, 5.74) is 5.48. The molecule has 5 nitrogen and oxygen atoms in total. The Morgan fingerprint density at radius 1 is 1.53 bits per heavy atom. The van der Waals surface area contributed by atoms with E-state index in [4.69, 9.17) is 11.1 Å². The molecule has 5 heteroatoms. The average Bonchev–Trinajstić information content (AvgIpc) is 2.67. The highest BCUT2D eigenvalue weighted by Crippen LogP contribution is 2.18. The molecule has 0 spiro atoms. The molecule has 0 saturated carbocycles. The Balaban J connectivity index is 2.69. The van der Waals surface area contributed by atoms with E-state index in [0.717, 1.165) is 19.4 Å². The number of amidine groups is 1. The average molecular weight is 212 g/mol. The zero-order valence-electron chi connectivity index (χ0n) is 9.49. The van der Waals surface area contributed by atoms with Crippen molar-refractivity contribution >= 4 is 11.9 Å². The molecule has 1 heterocycles. The summed E-state index contributed by atoms with van der Waals surface area (Å²) in [6.07, 6.45) is 1.76. The second-order valence-electron chi connectivity index (χ2n) is 3.76. The van der Waals surface area contributed by atoms with Crippen molar-refractivity contribution in [3.63, 3.8) is 0 Å². The molecule has 15 heavy (non-hydrogen) atoms. The van der Waals surface area contributed by atoms with Crippen molar-refractivity contribution in [2.75, 3.05) is 19.6 Å². The molecule has 2 amide bonds. The molecular formula is C10H20N4O. The lowest BCUT2D eigenvalue weighted by molar-refractivity contribution is 0.161. The Morgan fingerprint density at radius 2 is 2.13 bits per heavy atom. The molecule has 0 aromatic heterocycles. The summed E-state index contributed by atoms with van der Waals surface area (Å²) in [6.45, 7) is 6.05. The predicted molar refractivity (Wildman–Crippen MR) is 60.0 cm³/mol. The van der Waals surface area contributed by atoms with Crippen LogP contribution in [0.3, 0.4) is 0 Å². The Labute approximate surface area is 90.7 Å². The standard InChI is InChI=1S/C10H20N4O/c1-3-13(4-2)10(15)14-7-5-6-8(14)9(11)12/h8H,3-7H2,1-2H3,(H3,11,12). The van der Waals surface area contributed by atoms with Gasteiger partial charge in [-0.05, 0) is 26.7 Å². The van der Waals surface area contributed by atoms with Crippen molar-refractivity contribution in [3.8, 4) is 0 Å². The van der Waals surface area contributed by atoms with E-state index in [1.165, 1.54) is 0 Å². The van der Waals surface area contributed by atoms with Gasteiger partial charge in [0.1, 0.15) is 5.84 Å². The van der Waals surface area contributed by atoms with Gasteiger partial charge in [0.15, 0.2) is 0 Å². The summed E-state index contributed by atoms with van der Waals surface area (Å²) in [7, 11) is 0. The molecule has 1 saturated heterocycles. The monoisotopic (exact) mass is 212 g/mol. The normalized spacial score (nSPS) is 20.4. The largest absolute Gasteiger partial charge is 0.386 e. The number of nitrogens with zero attached hydrogens (tertiary/aromatic N) is 2. The maximum Gasteiger partial charge on any atom is 0.320 e. The molecule has 0 aliphatic carbocycles. The molecular weight excluding hydrogens is 192 g/mol. The van der Waals surface area contributed by atoms with Gasteiger partial charge in [-0.1, -0.05) is 0 Å². The van der Waals surface area contributed by atoms with Crippen LogP contribution < -0.4 is 5.73 Å². The van der Waals surface area contributed by atoms with Gasteiger partial charge in [0.25, 0.3) is 0 Å². The number of carbonyl (C=O) groups excluding carboxylic acids is 1. The van der Waals surface area contributed by atoms with Crippen LogP contribution in [0.4, 0.5) is 4.79 Å². The van der Waals surface area contributed by atoms with Crippen LogP contribution >= 0.6 is 0 Å². The van der Waals surface area contributed by atoms with Gasteiger partial charge in [0, 0.05) is 19.6 Å². The van der Waals surface area contributed by atoms with Crippen molar-refractivity contribution in [2.24, 2.45) is 5.73 Å². The van der Waals surface area contributed by atoms with Gasteiger partial charge in [0.05, 0.1) is 6.04 Å². The van der Waals surface area contributed by atoms with Crippen molar-refractivity contribution in [2.45, 2.75) is 32.7 Å². The third-order valence-electron chi connectivity index (χ3n) is 2.89. The summed E-state index contributed by atoms with van der Waals surface area (Å²) in [5.74, 6) is 0.105. The topological polar surface area (TPSA) is 73.4 Å². The number of nitrogens with two attached hydrogens (primary N) is 1. The smallest absolute Gasteiger partial charge is 0.320 e. The van der Waals surface area contributed by atoms with Crippen molar-refractivity contribution in [3.05, 3.63) is 0 Å². The van der Waals surface area contributed by atoms with E-state index in [1.54, 1.807) is 9.80 Å². The Hall–Kier alpha value is -1.26. The summed E-state index contributed by atoms with van der Waals surface area (Å²) >= 11 is 0. The van der Waals surface area contributed by atoms with Gasteiger partial charge in [-0.2, -0.15) is 0 Å². The van der Waals surface area contributed by atoms with E-state index < -0.39 is 0 Å². The van der Waals surface area contributed by atoms with Crippen LogP contribution in [-0.4, -0.2) is 47.3 Å². The van der Waals surface area contributed by atoms with Crippen LogP contribution in [-0.2, 0) is 0 Å². The quantitative estimate of drug-likeness (QED) is 0.537. The summed E-state index contributed by atoms with van der Waals surface area (Å²) in [6, 6.07) is -0.171. The first-order valence-electron chi connectivity index (χ1n) is 5.51. The van der Waals surface area contributed by atoms with Crippen LogP contribution in [0.25, 0.3) is 0 Å². The molecule has 0 aromatic rings. The Kier molecular flexibility index (Phi) is 3.94. The molecule has 0 radical (unpaired) electrons. The SMILES string of the molecule is CCN(CC)C(=O)N1CCCC1C(=N)N. The maximum atomic E-state index is 12.0. The van der Waals surface area contributed by atoms with E-state index in [9.17, 15) is 4.79 Å². The van der Waals surface area contributed by atoms with Crippen LogP contribution in [0.1, 0.15) is 26.7 Å². The molecule has 3 N–H and O–H groups in total. The van der Waals surface area contributed by atoms with Gasteiger partial charge in [-0.15, -0.1) is 0 Å². The van der Waals surface area contributed by atoms with E-state index in [2.05, 4.69) is 0 Å². The molecule has 1 unspecified atom stereocenters. The summed E-state index contributed by atoms with van der Waals surface area (Å²) in [5, 5.41) is 7.44. The zero-order valence-corrected chi connectivity index (χ0v) is 9.49. The second kappa shape index (κ2) is 5.00. The van der Waals surface area contributed by atoms with E-state index >= 15 is 0 Å². The van der Waals surface area contributed by atoms with Crippen molar-refractivity contribution < 1.29 is 4.79 Å².